The van der Waals surface area contributed by atoms with Crippen molar-refractivity contribution in [2.75, 3.05) is 13.1 Å². The molecule has 0 atom stereocenters. The second kappa shape index (κ2) is 7.72. The number of carbonyl (C=O) groups is 1. The summed E-state index contributed by atoms with van der Waals surface area (Å²) in [6.07, 6.45) is 1.41. The molecule has 2 aliphatic rings. The number of hydrogen-bond acceptors (Lipinski definition) is 5. The van der Waals surface area contributed by atoms with Gasteiger partial charge in [0, 0.05) is 24.7 Å². The lowest BCUT2D eigenvalue weighted by atomic mass is 10.0. The van der Waals surface area contributed by atoms with Gasteiger partial charge in [0.15, 0.2) is 0 Å². The van der Waals surface area contributed by atoms with Crippen LogP contribution in [0.25, 0.3) is 4.91 Å². The standard InChI is InChI=1S/C20H20FN3O3S2/c1-13-18(14-4-6-15(21)7-5-14)29(26,27)23-19(13)24-10-8-16(9-11-24)22-20(25)17-3-2-12-28-17/h2-7,12,16H,8-11H2,1H3,(H,22,25). The molecule has 0 bridgehead atoms. The second-order valence-corrected chi connectivity index (χ2v) is 9.55. The smallest absolute Gasteiger partial charge is 0.285 e. The number of piperidine rings is 1. The lowest BCUT2D eigenvalue weighted by Gasteiger charge is -2.33. The highest BCUT2D eigenvalue weighted by atomic mass is 32.2. The van der Waals surface area contributed by atoms with Gasteiger partial charge in [0.1, 0.15) is 16.6 Å². The molecular weight excluding hydrogens is 413 g/mol. The number of nitrogens with one attached hydrogen (secondary N) is 1. The van der Waals surface area contributed by atoms with E-state index in [2.05, 4.69) is 9.71 Å². The van der Waals surface area contributed by atoms with E-state index in [1.165, 1.54) is 35.6 Å². The molecule has 1 amide bonds. The zero-order valence-corrected chi connectivity index (χ0v) is 17.4. The van der Waals surface area contributed by atoms with Gasteiger partial charge in [-0.2, -0.15) is 8.42 Å². The minimum Gasteiger partial charge on any atom is -0.356 e. The van der Waals surface area contributed by atoms with E-state index >= 15 is 0 Å². The van der Waals surface area contributed by atoms with Crippen molar-refractivity contribution in [1.29, 1.82) is 0 Å². The summed E-state index contributed by atoms with van der Waals surface area (Å²) in [4.78, 5) is 15.0. The minimum absolute atomic E-state index is 0.0420. The molecule has 1 saturated heterocycles. The summed E-state index contributed by atoms with van der Waals surface area (Å²) in [5, 5.41) is 4.90. The maximum absolute atomic E-state index is 13.2. The number of likely N-dealkylation sites (tertiary alicyclic amines) is 1. The van der Waals surface area contributed by atoms with Gasteiger partial charge in [0.25, 0.3) is 15.9 Å². The minimum atomic E-state index is -3.83. The van der Waals surface area contributed by atoms with Crippen molar-refractivity contribution in [3.63, 3.8) is 0 Å². The SMILES string of the molecule is CC1=C(c2ccc(F)cc2)S(=O)(=O)N=C1N1CCC(NC(=O)c2cccs2)CC1. The lowest BCUT2D eigenvalue weighted by Crippen LogP contribution is -2.46. The highest BCUT2D eigenvalue weighted by Gasteiger charge is 2.35. The van der Waals surface area contributed by atoms with E-state index in [9.17, 15) is 17.6 Å². The first-order valence-corrected chi connectivity index (χ1v) is 11.6. The Hall–Kier alpha value is -2.52. The van der Waals surface area contributed by atoms with E-state index in [0.717, 1.165) is 0 Å². The molecule has 2 aromatic rings. The van der Waals surface area contributed by atoms with Gasteiger partial charge in [-0.3, -0.25) is 4.79 Å². The number of amidine groups is 1. The first-order chi connectivity index (χ1) is 13.8. The Morgan fingerprint density at radius 2 is 1.90 bits per heavy atom. The van der Waals surface area contributed by atoms with Crippen LogP contribution in [0.4, 0.5) is 4.39 Å². The van der Waals surface area contributed by atoms with Crippen LogP contribution in [0, 0.1) is 5.82 Å². The molecule has 0 saturated carbocycles. The lowest BCUT2D eigenvalue weighted by molar-refractivity contribution is 0.0926. The molecule has 1 aromatic carbocycles. The average Bonchev–Trinajstić information content (AvgIpc) is 3.30. The molecule has 6 nitrogen and oxygen atoms in total. The summed E-state index contributed by atoms with van der Waals surface area (Å²) in [5.41, 5.74) is 0.999. The molecule has 2 aliphatic heterocycles. The third kappa shape index (κ3) is 3.97. The van der Waals surface area contributed by atoms with Gasteiger partial charge < -0.3 is 10.2 Å². The second-order valence-electron chi connectivity index (χ2n) is 7.06. The Morgan fingerprint density at radius 1 is 1.21 bits per heavy atom. The number of carbonyl (C=O) groups excluding carboxylic acids is 1. The van der Waals surface area contributed by atoms with Crippen LogP contribution in [0.1, 0.15) is 35.0 Å². The topological polar surface area (TPSA) is 78.8 Å². The van der Waals surface area contributed by atoms with Crippen molar-refractivity contribution in [3.05, 3.63) is 63.6 Å². The third-order valence-corrected chi connectivity index (χ3v) is 7.46. The zero-order valence-electron chi connectivity index (χ0n) is 15.8. The fourth-order valence-corrected chi connectivity index (χ4v) is 5.79. The van der Waals surface area contributed by atoms with Gasteiger partial charge >= 0.3 is 0 Å². The van der Waals surface area contributed by atoms with E-state index in [1.807, 2.05) is 16.3 Å². The van der Waals surface area contributed by atoms with Crippen molar-refractivity contribution in [2.45, 2.75) is 25.8 Å². The molecule has 3 heterocycles. The van der Waals surface area contributed by atoms with Crippen LogP contribution in [0.3, 0.4) is 0 Å². The number of sulfonamides is 1. The summed E-state index contributed by atoms with van der Waals surface area (Å²) >= 11 is 1.40. The van der Waals surface area contributed by atoms with Crippen molar-refractivity contribution < 1.29 is 17.6 Å². The molecular formula is C20H20FN3O3S2. The summed E-state index contributed by atoms with van der Waals surface area (Å²) in [6.45, 7) is 2.92. The normalized spacial score (nSPS) is 19.4. The number of rotatable bonds is 3. The molecule has 0 spiro atoms. The monoisotopic (exact) mass is 433 g/mol. The Kier molecular flexibility index (Phi) is 5.26. The highest BCUT2D eigenvalue weighted by Crippen LogP contribution is 2.34. The molecule has 1 N–H and O–H groups in total. The maximum Gasteiger partial charge on any atom is 0.285 e. The first-order valence-electron chi connectivity index (χ1n) is 9.26. The Labute approximate surface area is 172 Å². The number of hydrogen-bond donors (Lipinski definition) is 1. The Balaban J connectivity index is 1.47. The van der Waals surface area contributed by atoms with Crippen LogP contribution in [-0.4, -0.2) is 44.2 Å². The number of benzene rings is 1. The van der Waals surface area contributed by atoms with Crippen molar-refractivity contribution in [2.24, 2.45) is 4.40 Å². The fourth-order valence-electron chi connectivity index (χ4n) is 3.68. The van der Waals surface area contributed by atoms with Gasteiger partial charge in [-0.05, 0) is 48.9 Å². The van der Waals surface area contributed by atoms with Crippen molar-refractivity contribution in [1.82, 2.24) is 10.2 Å². The summed E-state index contributed by atoms with van der Waals surface area (Å²) < 4.78 is 42.5. The zero-order chi connectivity index (χ0) is 20.6. The summed E-state index contributed by atoms with van der Waals surface area (Å²) in [5.74, 6) is -0.0588. The number of nitrogens with zero attached hydrogens (tertiary/aromatic N) is 2. The predicted molar refractivity (Wildman–Crippen MR) is 112 cm³/mol. The van der Waals surface area contributed by atoms with Crippen molar-refractivity contribution >= 4 is 38.0 Å². The predicted octanol–water partition coefficient (Wildman–Crippen LogP) is 3.25. The van der Waals surface area contributed by atoms with Gasteiger partial charge in [-0.25, -0.2) is 4.39 Å². The molecule has 0 radical (unpaired) electrons. The Morgan fingerprint density at radius 3 is 2.52 bits per heavy atom. The van der Waals surface area contributed by atoms with Crippen molar-refractivity contribution in [3.8, 4) is 0 Å². The van der Waals surface area contributed by atoms with Gasteiger partial charge in [0.2, 0.25) is 0 Å². The molecule has 29 heavy (non-hydrogen) atoms. The average molecular weight is 434 g/mol. The van der Waals surface area contributed by atoms with E-state index in [-0.39, 0.29) is 16.9 Å². The van der Waals surface area contributed by atoms with Crippen LogP contribution < -0.4 is 5.32 Å². The molecule has 0 unspecified atom stereocenters. The van der Waals surface area contributed by atoms with Gasteiger partial charge in [-0.1, -0.05) is 18.2 Å². The number of thiophene rings is 1. The summed E-state index contributed by atoms with van der Waals surface area (Å²) in [7, 11) is -3.83. The highest BCUT2D eigenvalue weighted by molar-refractivity contribution is 8.00. The third-order valence-electron chi connectivity index (χ3n) is 5.12. The molecule has 1 fully saturated rings. The van der Waals surface area contributed by atoms with Crippen LogP contribution in [0.5, 0.6) is 0 Å². The molecule has 0 aliphatic carbocycles. The van der Waals surface area contributed by atoms with Gasteiger partial charge in [0.05, 0.1) is 4.88 Å². The van der Waals surface area contributed by atoms with Gasteiger partial charge in [-0.15, -0.1) is 15.7 Å². The summed E-state index contributed by atoms with van der Waals surface area (Å²) in [6, 6.07) is 9.07. The van der Waals surface area contributed by atoms with Crippen LogP contribution in [0.15, 0.2) is 51.7 Å². The van der Waals surface area contributed by atoms with E-state index in [4.69, 9.17) is 0 Å². The van der Waals surface area contributed by atoms with E-state index in [0.29, 0.717) is 47.8 Å². The largest absolute Gasteiger partial charge is 0.356 e. The fraction of sp³-hybridized carbons (Fsp3) is 0.300. The van der Waals surface area contributed by atoms with E-state index in [1.54, 1.807) is 13.0 Å². The molecule has 9 heteroatoms. The molecule has 1 aromatic heterocycles. The number of amides is 1. The Bertz CT molecular complexity index is 1080. The quantitative estimate of drug-likeness (QED) is 0.806. The van der Waals surface area contributed by atoms with Crippen LogP contribution >= 0.6 is 11.3 Å². The maximum atomic E-state index is 13.2. The molecule has 152 valence electrons. The van der Waals surface area contributed by atoms with Crippen LogP contribution in [0.2, 0.25) is 0 Å². The van der Waals surface area contributed by atoms with Crippen LogP contribution in [-0.2, 0) is 10.0 Å². The molecule has 4 rings (SSSR count). The number of halogens is 1. The first kappa shape index (κ1) is 19.8. The van der Waals surface area contributed by atoms with E-state index < -0.39 is 15.8 Å².